The van der Waals surface area contributed by atoms with Crippen molar-refractivity contribution in [3.63, 3.8) is 0 Å². The summed E-state index contributed by atoms with van der Waals surface area (Å²) in [6.07, 6.45) is 3.92. The van der Waals surface area contributed by atoms with Gasteiger partial charge in [0.25, 0.3) is 0 Å². The van der Waals surface area contributed by atoms with Crippen molar-refractivity contribution in [2.24, 2.45) is 0 Å². The molecule has 94 valence electrons. The maximum atomic E-state index is 6.08. The largest absolute Gasteiger partial charge is 2.00 e. The van der Waals surface area contributed by atoms with E-state index < -0.39 is 8.32 Å². The van der Waals surface area contributed by atoms with E-state index in [9.17, 15) is 0 Å². The zero-order valence-electron chi connectivity index (χ0n) is 11.0. The van der Waals surface area contributed by atoms with Crippen LogP contribution in [-0.4, -0.2) is 38.0 Å². The summed E-state index contributed by atoms with van der Waals surface area (Å²) in [7, 11) is -1.93. The molecule has 1 aromatic carbocycles. The number of hydrogen-bond donors (Lipinski definition) is 0. The van der Waals surface area contributed by atoms with Gasteiger partial charge in [0, 0.05) is 6.61 Å². The molecule has 4 heteroatoms. The Morgan fingerprint density at radius 2 is 1.72 bits per heavy atom. The van der Waals surface area contributed by atoms with Gasteiger partial charge in [-0.15, -0.1) is 18.3 Å². The molecule has 0 fully saturated rings. The molecule has 0 aliphatic carbocycles. The van der Waals surface area contributed by atoms with Crippen LogP contribution in [0.15, 0.2) is 49.6 Å². The number of allylic oxidation sites excluding steroid dienone is 2. The van der Waals surface area contributed by atoms with Gasteiger partial charge in [-0.25, -0.2) is 0 Å². The van der Waals surface area contributed by atoms with Gasteiger partial charge in [0.15, 0.2) is 0 Å². The summed E-state index contributed by atoms with van der Waals surface area (Å²) in [5, 5.41) is 1.30. The fourth-order valence-electron chi connectivity index (χ4n) is 1.95. The molecule has 1 nitrogen and oxygen atoms in total. The van der Waals surface area contributed by atoms with Crippen molar-refractivity contribution in [2.45, 2.75) is 19.0 Å². The van der Waals surface area contributed by atoms with Crippen LogP contribution < -0.4 is 17.6 Å². The van der Waals surface area contributed by atoms with E-state index >= 15 is 0 Å². The van der Waals surface area contributed by atoms with Crippen molar-refractivity contribution in [1.29, 1.82) is 0 Å². The van der Waals surface area contributed by atoms with Gasteiger partial charge in [-0.1, -0.05) is 12.2 Å². The first-order chi connectivity index (χ1) is 7.79. The SMILES string of the molecule is C=CC[Si](CC=C)(OCC)c1cc[c-]cc1.[Cl-].[Mg+2]. The van der Waals surface area contributed by atoms with E-state index in [1.54, 1.807) is 0 Å². The van der Waals surface area contributed by atoms with E-state index in [0.717, 1.165) is 18.7 Å². The molecule has 0 unspecified atom stereocenters. The van der Waals surface area contributed by atoms with E-state index in [-0.39, 0.29) is 35.5 Å². The van der Waals surface area contributed by atoms with Crippen LogP contribution >= 0.6 is 0 Å². The maximum Gasteiger partial charge on any atom is 2.00 e. The van der Waals surface area contributed by atoms with Crippen molar-refractivity contribution < 1.29 is 16.8 Å². The van der Waals surface area contributed by atoms with Gasteiger partial charge in [0.1, 0.15) is 0 Å². The molecule has 0 bridgehead atoms. The van der Waals surface area contributed by atoms with Crippen molar-refractivity contribution in [2.75, 3.05) is 6.61 Å². The topological polar surface area (TPSA) is 9.23 Å². The third-order valence-electron chi connectivity index (χ3n) is 2.61. The Hall–Kier alpha value is -0.0669. The molecule has 0 saturated carbocycles. The fraction of sp³-hybridized carbons (Fsp3) is 0.286. The van der Waals surface area contributed by atoms with Crippen LogP contribution in [0, 0.1) is 6.07 Å². The Morgan fingerprint density at radius 1 is 1.22 bits per heavy atom. The first-order valence-corrected chi connectivity index (χ1v) is 7.93. The third-order valence-corrected chi connectivity index (χ3v) is 6.74. The molecule has 0 amide bonds. The molecule has 0 N–H and O–H groups in total. The molecular formula is C14H19ClMgOSi. The van der Waals surface area contributed by atoms with Crippen LogP contribution in [0.5, 0.6) is 0 Å². The van der Waals surface area contributed by atoms with Crippen LogP contribution in [-0.2, 0) is 4.43 Å². The summed E-state index contributed by atoms with van der Waals surface area (Å²) in [6, 6.07) is 13.0. The van der Waals surface area contributed by atoms with Gasteiger partial charge < -0.3 is 16.8 Å². The van der Waals surface area contributed by atoms with Crippen LogP contribution in [0.1, 0.15) is 6.92 Å². The maximum absolute atomic E-state index is 6.08. The summed E-state index contributed by atoms with van der Waals surface area (Å²) in [6.45, 7) is 10.5. The van der Waals surface area contributed by atoms with E-state index in [1.165, 1.54) is 5.19 Å². The molecule has 0 saturated heterocycles. The molecule has 0 aliphatic rings. The molecule has 0 aliphatic heterocycles. The minimum atomic E-state index is -1.93. The second kappa shape index (κ2) is 10.8. The summed E-state index contributed by atoms with van der Waals surface area (Å²) in [5.41, 5.74) is 0. The smallest absolute Gasteiger partial charge is 1.00 e. The van der Waals surface area contributed by atoms with E-state index in [2.05, 4.69) is 31.4 Å². The average Bonchev–Trinajstić information content (AvgIpc) is 2.31. The molecule has 1 rings (SSSR count). The second-order valence-corrected chi connectivity index (χ2v) is 7.37. The van der Waals surface area contributed by atoms with Crippen LogP contribution in [0.3, 0.4) is 0 Å². The summed E-state index contributed by atoms with van der Waals surface area (Å²) in [4.78, 5) is 0. The van der Waals surface area contributed by atoms with Crippen molar-refractivity contribution in [3.8, 4) is 0 Å². The Kier molecular flexibility index (Phi) is 12.2. The second-order valence-electron chi connectivity index (χ2n) is 3.70. The van der Waals surface area contributed by atoms with Crippen LogP contribution in [0.4, 0.5) is 0 Å². The molecule has 0 spiro atoms. The Bertz CT molecular complexity index is 333. The molecule has 18 heavy (non-hydrogen) atoms. The van der Waals surface area contributed by atoms with Gasteiger partial charge in [0.2, 0.25) is 8.32 Å². The van der Waals surface area contributed by atoms with Crippen molar-refractivity contribution in [1.82, 2.24) is 0 Å². The molecule has 1 aromatic rings. The Labute approximate surface area is 134 Å². The van der Waals surface area contributed by atoms with Crippen molar-refractivity contribution in [3.05, 3.63) is 55.6 Å². The first kappa shape index (κ1) is 20.3. The van der Waals surface area contributed by atoms with E-state index in [0.29, 0.717) is 0 Å². The summed E-state index contributed by atoms with van der Waals surface area (Å²) < 4.78 is 6.08. The van der Waals surface area contributed by atoms with Crippen LogP contribution in [0.25, 0.3) is 0 Å². The first-order valence-electron chi connectivity index (χ1n) is 5.61. The van der Waals surface area contributed by atoms with Crippen molar-refractivity contribution >= 4 is 36.6 Å². The average molecular weight is 291 g/mol. The zero-order valence-corrected chi connectivity index (χ0v) is 14.2. The Balaban J connectivity index is 0. The molecular weight excluding hydrogens is 272 g/mol. The quantitative estimate of drug-likeness (QED) is 0.380. The van der Waals surface area contributed by atoms with Gasteiger partial charge in [-0.05, 0) is 19.0 Å². The number of halogens is 1. The minimum Gasteiger partial charge on any atom is -1.00 e. The molecule has 0 radical (unpaired) electrons. The van der Waals surface area contributed by atoms with Gasteiger partial charge in [-0.3, -0.25) is 0 Å². The van der Waals surface area contributed by atoms with Gasteiger partial charge >= 0.3 is 23.1 Å². The third kappa shape index (κ3) is 5.28. The number of benzene rings is 1. The fourth-order valence-corrected chi connectivity index (χ4v) is 5.25. The zero-order chi connectivity index (χ0) is 11.9. The van der Waals surface area contributed by atoms with Crippen LogP contribution in [0.2, 0.25) is 12.1 Å². The monoisotopic (exact) mass is 290 g/mol. The molecule has 0 heterocycles. The molecule has 0 aromatic heterocycles. The van der Waals surface area contributed by atoms with Gasteiger partial charge in [-0.2, -0.15) is 30.3 Å². The van der Waals surface area contributed by atoms with E-state index in [1.807, 2.05) is 31.2 Å². The molecule has 0 atom stereocenters. The number of rotatable bonds is 7. The normalized spacial score (nSPS) is 9.83. The minimum absolute atomic E-state index is 0. The standard InChI is InChI=1S/C14H19OSi.ClH.Mg/c1-4-12-16(13-5-2,15-6-3)14-10-8-7-9-11-14;;/h4-5,8-11H,1-2,6,12-13H2,3H3;1H;/q-1;;+2/p-1. The van der Waals surface area contributed by atoms with E-state index in [4.69, 9.17) is 4.43 Å². The predicted octanol–water partition coefficient (Wildman–Crippen LogP) is -0.329. The van der Waals surface area contributed by atoms with Gasteiger partial charge in [0.05, 0.1) is 0 Å². The summed E-state index contributed by atoms with van der Waals surface area (Å²) in [5.74, 6) is 0. The summed E-state index contributed by atoms with van der Waals surface area (Å²) >= 11 is 0. The predicted molar refractivity (Wildman–Crippen MR) is 78.1 cm³/mol. The Morgan fingerprint density at radius 3 is 2.11 bits per heavy atom. The number of hydrogen-bond acceptors (Lipinski definition) is 1.